The van der Waals surface area contributed by atoms with Gasteiger partial charge in [0.25, 0.3) is 21.4 Å². The van der Waals surface area contributed by atoms with Crippen molar-refractivity contribution in [2.75, 3.05) is 0 Å². The lowest BCUT2D eigenvalue weighted by molar-refractivity contribution is -0.384. The van der Waals surface area contributed by atoms with Gasteiger partial charge < -0.3 is 5.11 Å². The Balaban J connectivity index is 2.01. The molecule has 0 spiro atoms. The predicted octanol–water partition coefficient (Wildman–Crippen LogP) is 3.40. The summed E-state index contributed by atoms with van der Waals surface area (Å²) in [7, 11) is -4.38. The summed E-state index contributed by atoms with van der Waals surface area (Å²) in [6.07, 6.45) is 0. The zero-order valence-corrected chi connectivity index (χ0v) is 16.5. The third-order valence-corrected chi connectivity index (χ3v) is 5.09. The van der Waals surface area contributed by atoms with Crippen molar-refractivity contribution in [1.82, 2.24) is 9.78 Å². The van der Waals surface area contributed by atoms with Gasteiger partial charge in [-0.3, -0.25) is 24.6 Å². The Bertz CT molecular complexity index is 1340. The number of aromatic hydroxyl groups is 1. The van der Waals surface area contributed by atoms with Crippen LogP contribution < -0.4 is 5.56 Å². The fourth-order valence-corrected chi connectivity index (χ4v) is 3.15. The van der Waals surface area contributed by atoms with E-state index in [-0.39, 0.29) is 32.7 Å². The molecule has 3 N–H and O–H groups in total. The number of azo groups is 1. The van der Waals surface area contributed by atoms with Gasteiger partial charge in [-0.05, 0) is 31.2 Å². The van der Waals surface area contributed by atoms with Crippen LogP contribution in [0.25, 0.3) is 5.69 Å². The summed E-state index contributed by atoms with van der Waals surface area (Å²) in [5.41, 5.74) is -1.02. The number of nitro groups is 1. The lowest BCUT2D eigenvalue weighted by Gasteiger charge is -2.02. The molecule has 0 fully saturated rings. The molecule has 1 aromatic heterocycles. The molecule has 0 aliphatic carbocycles. The molecular formula is C16H12ClN5O7S. The summed E-state index contributed by atoms with van der Waals surface area (Å²) in [5, 5.41) is 30.7. The Kier molecular flexibility index (Phi) is 5.43. The van der Waals surface area contributed by atoms with E-state index in [0.717, 1.165) is 28.9 Å². The number of phenols is 1. The van der Waals surface area contributed by atoms with Crippen LogP contribution in [0.4, 0.5) is 17.1 Å². The van der Waals surface area contributed by atoms with Crippen LogP contribution in [-0.4, -0.2) is 32.8 Å². The van der Waals surface area contributed by atoms with Crippen LogP contribution in [0.5, 0.6) is 5.75 Å². The van der Waals surface area contributed by atoms with Gasteiger partial charge in [-0.2, -0.15) is 8.42 Å². The van der Waals surface area contributed by atoms with Crippen LogP contribution in [0.3, 0.4) is 0 Å². The number of phenolic OH excluding ortho intramolecular Hbond substituents is 1. The number of hydrogen-bond donors (Lipinski definition) is 3. The maximum Gasteiger partial charge on any atom is 0.299 e. The van der Waals surface area contributed by atoms with E-state index in [1.165, 1.54) is 19.1 Å². The second-order valence-electron chi connectivity index (χ2n) is 5.95. The first-order valence-electron chi connectivity index (χ1n) is 7.97. The van der Waals surface area contributed by atoms with E-state index in [1.807, 2.05) is 0 Å². The van der Waals surface area contributed by atoms with E-state index >= 15 is 0 Å². The highest BCUT2D eigenvalue weighted by Gasteiger charge is 2.17. The lowest BCUT2D eigenvalue weighted by Crippen LogP contribution is -2.14. The second-order valence-corrected chi connectivity index (χ2v) is 7.78. The molecule has 0 saturated carbocycles. The number of halogens is 1. The molecule has 12 nitrogen and oxygen atoms in total. The highest BCUT2D eigenvalue weighted by molar-refractivity contribution is 7.85. The van der Waals surface area contributed by atoms with Gasteiger partial charge in [0.15, 0.2) is 11.4 Å². The summed E-state index contributed by atoms with van der Waals surface area (Å²) in [5.74, 6) is -0.541. The lowest BCUT2D eigenvalue weighted by atomic mass is 10.2. The van der Waals surface area contributed by atoms with Gasteiger partial charge in [-0.25, -0.2) is 4.68 Å². The Hall–Kier alpha value is -3.55. The number of rotatable bonds is 5. The summed E-state index contributed by atoms with van der Waals surface area (Å²) in [4.78, 5) is 22.5. The largest absolute Gasteiger partial charge is 0.504 e. The third kappa shape index (κ3) is 4.07. The number of nitro benzene ring substituents is 1. The molecule has 0 saturated heterocycles. The van der Waals surface area contributed by atoms with Gasteiger partial charge in [-0.15, -0.1) is 10.2 Å². The second kappa shape index (κ2) is 7.70. The Labute approximate surface area is 173 Å². The van der Waals surface area contributed by atoms with Gasteiger partial charge in [0.05, 0.1) is 26.2 Å². The van der Waals surface area contributed by atoms with E-state index in [1.54, 1.807) is 0 Å². The van der Waals surface area contributed by atoms with Gasteiger partial charge in [0.1, 0.15) is 5.69 Å². The Morgan fingerprint density at radius 3 is 2.40 bits per heavy atom. The maximum absolute atomic E-state index is 12.6. The van der Waals surface area contributed by atoms with Gasteiger partial charge >= 0.3 is 0 Å². The molecule has 0 amide bonds. The molecular weight excluding hydrogens is 442 g/mol. The van der Waals surface area contributed by atoms with Crippen molar-refractivity contribution in [3.8, 4) is 11.4 Å². The summed E-state index contributed by atoms with van der Waals surface area (Å²) < 4.78 is 32.3. The number of non-ortho nitro benzene ring substituents is 1. The number of H-pyrrole nitrogens is 1. The molecule has 2 aromatic carbocycles. The van der Waals surface area contributed by atoms with Crippen molar-refractivity contribution < 1.29 is 23.0 Å². The SMILES string of the molecule is Cc1[nH]n(-c2ccc(S(=O)(=O)O)cc2)c(=O)c1N=Nc1cc([N+](=O)[O-])cc(Cl)c1O. The number of nitrogens with one attached hydrogen (secondary N) is 1. The minimum Gasteiger partial charge on any atom is -0.504 e. The molecule has 3 aromatic rings. The summed E-state index contributed by atoms with van der Waals surface area (Å²) >= 11 is 5.75. The van der Waals surface area contributed by atoms with E-state index in [2.05, 4.69) is 15.3 Å². The normalized spacial score (nSPS) is 11.8. The molecule has 3 rings (SSSR count). The standard InChI is InChI=1S/C16H12ClN5O7S/c1-8-14(19-18-13-7-10(22(25)26)6-12(17)15(13)23)16(24)21(20-8)9-2-4-11(5-3-9)30(27,28)29/h2-7,20,23H,1H3,(H,27,28,29). The number of aromatic nitrogens is 2. The Morgan fingerprint density at radius 2 is 1.83 bits per heavy atom. The minimum atomic E-state index is -4.38. The molecule has 156 valence electrons. The van der Waals surface area contributed by atoms with Crippen LogP contribution in [0.1, 0.15) is 5.69 Å². The van der Waals surface area contributed by atoms with Crippen molar-refractivity contribution in [3.63, 3.8) is 0 Å². The van der Waals surface area contributed by atoms with Crippen molar-refractivity contribution in [1.29, 1.82) is 0 Å². The highest BCUT2D eigenvalue weighted by atomic mass is 35.5. The number of nitrogens with zero attached hydrogens (tertiary/aromatic N) is 4. The quantitative estimate of drug-likeness (QED) is 0.229. The molecule has 0 bridgehead atoms. The molecule has 1 heterocycles. The monoisotopic (exact) mass is 453 g/mol. The number of aryl methyl sites for hydroxylation is 1. The first-order chi connectivity index (χ1) is 14.0. The van der Waals surface area contributed by atoms with Crippen molar-refractivity contribution in [3.05, 3.63) is 67.6 Å². The molecule has 14 heteroatoms. The summed E-state index contributed by atoms with van der Waals surface area (Å²) in [6.45, 7) is 1.51. The van der Waals surface area contributed by atoms with Crippen LogP contribution in [0.15, 0.2) is 56.3 Å². The van der Waals surface area contributed by atoms with E-state index < -0.39 is 32.0 Å². The average Bonchev–Trinajstić information content (AvgIpc) is 2.96. The Morgan fingerprint density at radius 1 is 1.20 bits per heavy atom. The van der Waals surface area contributed by atoms with E-state index in [9.17, 15) is 28.4 Å². The molecule has 0 aliphatic rings. The average molecular weight is 454 g/mol. The predicted molar refractivity (Wildman–Crippen MR) is 105 cm³/mol. The van der Waals surface area contributed by atoms with Gasteiger partial charge in [-0.1, -0.05) is 11.6 Å². The van der Waals surface area contributed by atoms with Crippen LogP contribution >= 0.6 is 11.6 Å². The fourth-order valence-electron chi connectivity index (χ4n) is 2.46. The molecule has 0 atom stereocenters. The molecule has 30 heavy (non-hydrogen) atoms. The van der Waals surface area contributed by atoms with Crippen LogP contribution in [0, 0.1) is 17.0 Å². The van der Waals surface area contributed by atoms with E-state index in [0.29, 0.717) is 0 Å². The van der Waals surface area contributed by atoms with Crippen LogP contribution in [-0.2, 0) is 10.1 Å². The van der Waals surface area contributed by atoms with Crippen LogP contribution in [0.2, 0.25) is 5.02 Å². The van der Waals surface area contributed by atoms with Crippen molar-refractivity contribution >= 4 is 38.8 Å². The molecule has 0 unspecified atom stereocenters. The highest BCUT2D eigenvalue weighted by Crippen LogP contribution is 2.38. The number of aromatic amines is 1. The van der Waals surface area contributed by atoms with Crippen molar-refractivity contribution in [2.45, 2.75) is 11.8 Å². The minimum absolute atomic E-state index is 0.157. The van der Waals surface area contributed by atoms with Crippen molar-refractivity contribution in [2.24, 2.45) is 10.2 Å². The first kappa shape index (κ1) is 21.2. The molecule has 0 radical (unpaired) electrons. The number of hydrogen-bond acceptors (Lipinski definition) is 8. The zero-order valence-electron chi connectivity index (χ0n) is 15.0. The first-order valence-corrected chi connectivity index (χ1v) is 9.79. The van der Waals surface area contributed by atoms with Gasteiger partial charge in [0, 0.05) is 12.1 Å². The maximum atomic E-state index is 12.6. The summed E-state index contributed by atoms with van der Waals surface area (Å²) in [6, 6.07) is 6.68. The number of benzene rings is 2. The van der Waals surface area contributed by atoms with E-state index in [4.69, 9.17) is 16.2 Å². The topological polar surface area (TPSA) is 180 Å². The zero-order chi connectivity index (χ0) is 22.2. The fraction of sp³-hybridized carbons (Fsp3) is 0.0625. The van der Waals surface area contributed by atoms with Gasteiger partial charge in [0.2, 0.25) is 0 Å². The third-order valence-electron chi connectivity index (χ3n) is 3.93. The molecule has 0 aliphatic heterocycles. The smallest absolute Gasteiger partial charge is 0.299 e.